The molecular formula is C28H26Cl4N4O4. The Morgan fingerprint density at radius 2 is 1.65 bits per heavy atom. The minimum absolute atomic E-state index is 0.00751. The normalized spacial score (nSPS) is 14.4. The fourth-order valence-electron chi connectivity index (χ4n) is 4.20. The van der Waals surface area contributed by atoms with Crippen LogP contribution in [0.1, 0.15) is 18.1 Å². The molecule has 0 radical (unpaired) electrons. The van der Waals surface area contributed by atoms with E-state index in [9.17, 15) is 5.11 Å². The maximum atomic E-state index is 12.2. The molecule has 0 saturated heterocycles. The standard InChI is InChI=1S/C28H26Cl4N4O4/c1-3-9-28(37,36-10-8-21-26(33)34-16-35-27(21)36)25(40-14-18-5-7-20(30)12-23(18)32)24(38-2)15-39-13-17-4-6-19(29)11-22(17)31/h4-8,10-12,16,24-25,37H,13-15H2,1-2H3,(H2,33,34,35)/t24-,25-,28-/m1/s1. The van der Waals surface area contributed by atoms with E-state index in [-0.39, 0.29) is 25.6 Å². The van der Waals surface area contributed by atoms with Gasteiger partial charge in [-0.2, -0.15) is 0 Å². The van der Waals surface area contributed by atoms with Gasteiger partial charge in [0, 0.05) is 33.4 Å². The summed E-state index contributed by atoms with van der Waals surface area (Å²) < 4.78 is 19.6. The minimum atomic E-state index is -1.97. The van der Waals surface area contributed by atoms with Gasteiger partial charge >= 0.3 is 0 Å². The lowest BCUT2D eigenvalue weighted by atomic mass is 10.0. The van der Waals surface area contributed by atoms with Crippen molar-refractivity contribution in [2.75, 3.05) is 19.5 Å². The van der Waals surface area contributed by atoms with Crippen LogP contribution in [0.3, 0.4) is 0 Å². The Balaban J connectivity index is 1.70. The van der Waals surface area contributed by atoms with Gasteiger partial charge in [0.1, 0.15) is 30.0 Å². The van der Waals surface area contributed by atoms with Crippen molar-refractivity contribution in [3.8, 4) is 11.8 Å². The second-order valence-corrected chi connectivity index (χ2v) is 10.5. The molecule has 0 aliphatic rings. The van der Waals surface area contributed by atoms with Crippen molar-refractivity contribution in [1.29, 1.82) is 0 Å². The molecule has 0 aliphatic heterocycles. The molecule has 4 rings (SSSR count). The molecule has 0 aliphatic carbocycles. The Morgan fingerprint density at radius 3 is 2.25 bits per heavy atom. The number of hydrogen-bond acceptors (Lipinski definition) is 7. The molecule has 2 aromatic carbocycles. The van der Waals surface area contributed by atoms with Crippen molar-refractivity contribution in [2.24, 2.45) is 0 Å². The number of benzene rings is 2. The summed E-state index contributed by atoms with van der Waals surface area (Å²) in [7, 11) is 1.49. The average molecular weight is 624 g/mol. The molecule has 8 nitrogen and oxygen atoms in total. The lowest BCUT2D eigenvalue weighted by Gasteiger charge is -2.37. The Kier molecular flexibility index (Phi) is 10.2. The van der Waals surface area contributed by atoms with Crippen LogP contribution >= 0.6 is 46.4 Å². The summed E-state index contributed by atoms with van der Waals surface area (Å²) in [6.07, 6.45) is 1.00. The van der Waals surface area contributed by atoms with E-state index in [0.29, 0.717) is 36.7 Å². The molecule has 0 saturated carbocycles. The van der Waals surface area contributed by atoms with Gasteiger partial charge in [-0.25, -0.2) is 9.97 Å². The fourth-order valence-corrected chi connectivity index (χ4v) is 5.13. The summed E-state index contributed by atoms with van der Waals surface area (Å²) >= 11 is 24.8. The molecule has 0 fully saturated rings. The molecule has 0 bridgehead atoms. The highest BCUT2D eigenvalue weighted by molar-refractivity contribution is 6.35. The average Bonchev–Trinajstić information content (AvgIpc) is 3.36. The number of nitrogens with zero attached hydrogens (tertiary/aromatic N) is 3. The van der Waals surface area contributed by atoms with E-state index in [0.717, 1.165) is 5.56 Å². The maximum Gasteiger partial charge on any atom is 0.237 e. The third-order valence-electron chi connectivity index (χ3n) is 6.21. The first-order chi connectivity index (χ1) is 19.2. The van der Waals surface area contributed by atoms with Gasteiger partial charge in [-0.05, 0) is 54.3 Å². The summed E-state index contributed by atoms with van der Waals surface area (Å²) in [4.78, 5) is 8.37. The summed E-state index contributed by atoms with van der Waals surface area (Å²) in [5.74, 6) is 5.95. The van der Waals surface area contributed by atoms with Crippen LogP contribution in [-0.4, -0.2) is 45.6 Å². The van der Waals surface area contributed by atoms with E-state index in [4.69, 9.17) is 66.3 Å². The van der Waals surface area contributed by atoms with Crippen molar-refractivity contribution < 1.29 is 19.3 Å². The van der Waals surface area contributed by atoms with Crippen molar-refractivity contribution in [1.82, 2.24) is 14.5 Å². The Bertz CT molecular complexity index is 1550. The van der Waals surface area contributed by atoms with Crippen LogP contribution in [0.25, 0.3) is 11.0 Å². The second-order valence-electron chi connectivity index (χ2n) is 8.78. The van der Waals surface area contributed by atoms with Gasteiger partial charge in [-0.15, -0.1) is 5.92 Å². The summed E-state index contributed by atoms with van der Waals surface area (Å²) in [5, 5.41) is 14.7. The van der Waals surface area contributed by atoms with Crippen LogP contribution in [0.2, 0.25) is 20.1 Å². The maximum absolute atomic E-state index is 12.2. The zero-order valence-corrected chi connectivity index (χ0v) is 24.6. The van der Waals surface area contributed by atoms with Crippen LogP contribution in [-0.2, 0) is 33.1 Å². The number of aliphatic hydroxyl groups is 1. The smallest absolute Gasteiger partial charge is 0.237 e. The largest absolute Gasteiger partial charge is 0.383 e. The van der Waals surface area contributed by atoms with Gasteiger partial charge < -0.3 is 25.1 Å². The van der Waals surface area contributed by atoms with E-state index in [1.165, 1.54) is 18.0 Å². The highest BCUT2D eigenvalue weighted by Crippen LogP contribution is 2.32. The third kappa shape index (κ3) is 6.65. The number of ether oxygens (including phenoxy) is 3. The molecule has 0 unspecified atom stereocenters. The minimum Gasteiger partial charge on any atom is -0.383 e. The van der Waals surface area contributed by atoms with Crippen molar-refractivity contribution in [2.45, 2.75) is 38.1 Å². The fraction of sp³-hybridized carbons (Fsp3) is 0.286. The van der Waals surface area contributed by atoms with Crippen molar-refractivity contribution in [3.63, 3.8) is 0 Å². The van der Waals surface area contributed by atoms with Gasteiger partial charge in [0.05, 0.1) is 25.2 Å². The SMILES string of the molecule is CC#C[C@@](O)([C@H](OCc1ccc(Cl)cc1Cl)[C@@H](COCc1ccc(Cl)cc1Cl)OC)n1ccc2c(N)ncnc21. The molecule has 0 spiro atoms. The molecule has 12 heteroatoms. The highest BCUT2D eigenvalue weighted by Gasteiger charge is 2.45. The summed E-state index contributed by atoms with van der Waals surface area (Å²) in [6.45, 7) is 1.79. The molecule has 4 aromatic rings. The molecule has 0 amide bonds. The second kappa shape index (κ2) is 13.4. The molecule has 210 valence electrons. The molecule has 2 heterocycles. The van der Waals surface area contributed by atoms with Gasteiger partial charge in [0.15, 0.2) is 0 Å². The number of aromatic nitrogens is 3. The van der Waals surface area contributed by atoms with Gasteiger partial charge in [-0.3, -0.25) is 4.57 Å². The van der Waals surface area contributed by atoms with Gasteiger partial charge in [0.2, 0.25) is 5.72 Å². The number of fused-ring (bicyclic) bond motifs is 1. The van der Waals surface area contributed by atoms with Gasteiger partial charge in [0.25, 0.3) is 0 Å². The molecule has 3 N–H and O–H groups in total. The van der Waals surface area contributed by atoms with E-state index in [2.05, 4.69) is 21.8 Å². The molecule has 2 aromatic heterocycles. The first-order valence-electron chi connectivity index (χ1n) is 12.0. The number of methoxy groups -OCH3 is 1. The summed E-state index contributed by atoms with van der Waals surface area (Å²) in [5.41, 5.74) is 5.82. The molecule has 40 heavy (non-hydrogen) atoms. The number of halogens is 4. The van der Waals surface area contributed by atoms with Crippen LogP contribution in [0, 0.1) is 11.8 Å². The quantitative estimate of drug-likeness (QED) is 0.194. The van der Waals surface area contributed by atoms with Crippen molar-refractivity contribution in [3.05, 3.63) is 86.2 Å². The topological polar surface area (TPSA) is 105 Å². The number of hydrogen-bond donors (Lipinski definition) is 2. The molecular weight excluding hydrogens is 598 g/mol. The zero-order valence-electron chi connectivity index (χ0n) is 21.6. The van der Waals surface area contributed by atoms with Crippen molar-refractivity contribution >= 4 is 63.3 Å². The number of nitrogens with two attached hydrogens (primary N) is 1. The number of anilines is 1. The highest BCUT2D eigenvalue weighted by atomic mass is 35.5. The van der Waals surface area contributed by atoms with E-state index >= 15 is 0 Å². The lowest BCUT2D eigenvalue weighted by molar-refractivity contribution is -0.188. The monoisotopic (exact) mass is 622 g/mol. The van der Waals surface area contributed by atoms with E-state index < -0.39 is 17.9 Å². The molecule has 3 atom stereocenters. The van der Waals surface area contributed by atoms with E-state index in [1.807, 2.05) is 0 Å². The number of rotatable bonds is 11. The third-order valence-corrected chi connectivity index (χ3v) is 7.39. The number of nitrogen functional groups attached to an aromatic ring is 1. The van der Waals surface area contributed by atoms with Crippen LogP contribution in [0.4, 0.5) is 5.82 Å². The first kappa shape index (κ1) is 30.4. The van der Waals surface area contributed by atoms with Crippen LogP contribution in [0.15, 0.2) is 55.0 Å². The van der Waals surface area contributed by atoms with Crippen LogP contribution < -0.4 is 5.73 Å². The zero-order chi connectivity index (χ0) is 28.9. The Morgan fingerprint density at radius 1 is 1.00 bits per heavy atom. The predicted octanol–water partition coefficient (Wildman–Crippen LogP) is 6.11. The first-order valence-corrected chi connectivity index (χ1v) is 13.5. The Labute approximate surface area is 251 Å². The van der Waals surface area contributed by atoms with Crippen LogP contribution in [0.5, 0.6) is 0 Å². The van der Waals surface area contributed by atoms with Gasteiger partial charge in [-0.1, -0.05) is 58.5 Å². The lowest BCUT2D eigenvalue weighted by Crippen LogP contribution is -2.53. The summed E-state index contributed by atoms with van der Waals surface area (Å²) in [6, 6.07) is 11.9. The predicted molar refractivity (Wildman–Crippen MR) is 158 cm³/mol. The Hall–Kier alpha value is -2.58. The van der Waals surface area contributed by atoms with E-state index in [1.54, 1.807) is 55.6 Å².